The minimum Gasteiger partial charge on any atom is -0.435 e. The molecule has 0 aromatic carbocycles. The molecule has 1 rings (SSSR count). The van der Waals surface area contributed by atoms with Gasteiger partial charge in [0, 0.05) is 6.42 Å². The Hall–Kier alpha value is -0.570. The van der Waals surface area contributed by atoms with Gasteiger partial charge in [0.1, 0.15) is 0 Å². The van der Waals surface area contributed by atoms with E-state index < -0.39 is 11.7 Å². The second-order valence-electron chi connectivity index (χ2n) is 12.3. The molecule has 0 aromatic heterocycles. The molecule has 2 unspecified atom stereocenters. The second kappa shape index (κ2) is 8.84. The molecule has 3 nitrogen and oxygen atoms in total. The molecule has 1 saturated carbocycles. The molecule has 0 spiro atoms. The third-order valence-corrected chi connectivity index (χ3v) is 5.90. The number of esters is 1. The van der Waals surface area contributed by atoms with Crippen molar-refractivity contribution in [3.63, 3.8) is 0 Å². The Morgan fingerprint density at radius 3 is 1.78 bits per heavy atom. The van der Waals surface area contributed by atoms with Gasteiger partial charge in [0.2, 0.25) is 6.29 Å². The van der Waals surface area contributed by atoms with Gasteiger partial charge in [-0.3, -0.25) is 4.79 Å². The third-order valence-electron chi connectivity index (χ3n) is 5.90. The molecule has 0 heterocycles. The molecule has 160 valence electrons. The van der Waals surface area contributed by atoms with Gasteiger partial charge >= 0.3 is 5.97 Å². The fraction of sp³-hybridized carbons (Fsp3) is 0.958. The van der Waals surface area contributed by atoms with Crippen molar-refractivity contribution in [3.8, 4) is 0 Å². The van der Waals surface area contributed by atoms with E-state index in [4.69, 9.17) is 9.47 Å². The van der Waals surface area contributed by atoms with Gasteiger partial charge in [0.25, 0.3) is 0 Å². The maximum absolute atomic E-state index is 13.4. The summed E-state index contributed by atoms with van der Waals surface area (Å²) in [5, 5.41) is 0. The average Bonchev–Trinajstić information content (AvgIpc) is 2.43. The van der Waals surface area contributed by atoms with Crippen LogP contribution in [0.2, 0.25) is 0 Å². The molecule has 0 radical (unpaired) electrons. The summed E-state index contributed by atoms with van der Waals surface area (Å²) in [6.45, 7) is 21.6. The molecule has 0 aromatic rings. The van der Waals surface area contributed by atoms with Crippen molar-refractivity contribution in [1.82, 2.24) is 0 Å². The summed E-state index contributed by atoms with van der Waals surface area (Å²) in [5.74, 6) is -0.116. The molecule has 1 aliphatic rings. The molecule has 0 bridgehead atoms. The van der Waals surface area contributed by atoms with Crippen LogP contribution in [0.3, 0.4) is 0 Å². The Bertz CT molecular complexity index is 469. The Morgan fingerprint density at radius 1 is 0.852 bits per heavy atom. The van der Waals surface area contributed by atoms with Crippen LogP contribution in [0.5, 0.6) is 0 Å². The van der Waals surface area contributed by atoms with Crippen molar-refractivity contribution in [2.24, 2.45) is 21.7 Å². The smallest absolute Gasteiger partial charge is 0.314 e. The van der Waals surface area contributed by atoms with Crippen LogP contribution in [0.15, 0.2) is 0 Å². The predicted octanol–water partition coefficient (Wildman–Crippen LogP) is 7.13. The van der Waals surface area contributed by atoms with E-state index >= 15 is 0 Å². The van der Waals surface area contributed by atoms with Crippen LogP contribution in [0.1, 0.15) is 114 Å². The van der Waals surface area contributed by atoms with Crippen molar-refractivity contribution in [2.45, 2.75) is 127 Å². The van der Waals surface area contributed by atoms with Gasteiger partial charge in [-0.1, -0.05) is 81.6 Å². The lowest BCUT2D eigenvalue weighted by Gasteiger charge is -2.44. The van der Waals surface area contributed by atoms with Crippen LogP contribution >= 0.6 is 0 Å². The highest BCUT2D eigenvalue weighted by Gasteiger charge is 2.48. The van der Waals surface area contributed by atoms with Gasteiger partial charge in [-0.2, -0.15) is 0 Å². The molecular formula is C24H46O3. The topological polar surface area (TPSA) is 35.5 Å². The predicted molar refractivity (Wildman–Crippen MR) is 114 cm³/mol. The Kier molecular flexibility index (Phi) is 8.01. The molecule has 1 fully saturated rings. The third kappa shape index (κ3) is 8.13. The molecule has 0 aliphatic heterocycles. The lowest BCUT2D eigenvalue weighted by atomic mass is 9.61. The normalized spacial score (nSPS) is 20.8. The standard InChI is InChI=1S/C24H46O3/c1-21(2,3)16-19(26-18-14-12-11-13-15-18)27-20(25)24(10,23(7,8)9)17-22(4,5)6/h18-19H,11-17H2,1-10H3. The number of ether oxygens (including phenoxy) is 2. The SMILES string of the molecule is CC(C)(C)CC(OC(=O)C(C)(CC(C)(C)C)C(C)(C)C)OC1CCCCC1. The highest BCUT2D eigenvalue weighted by atomic mass is 16.7. The Morgan fingerprint density at radius 2 is 1.37 bits per heavy atom. The Labute approximate surface area is 169 Å². The van der Waals surface area contributed by atoms with Crippen LogP contribution < -0.4 is 0 Å². The van der Waals surface area contributed by atoms with Gasteiger partial charge in [0.15, 0.2) is 0 Å². The van der Waals surface area contributed by atoms with Crippen LogP contribution in [-0.4, -0.2) is 18.4 Å². The van der Waals surface area contributed by atoms with Crippen molar-refractivity contribution in [2.75, 3.05) is 0 Å². The second-order valence-corrected chi connectivity index (χ2v) is 12.3. The monoisotopic (exact) mass is 382 g/mol. The first-order valence-corrected chi connectivity index (χ1v) is 10.9. The zero-order valence-electron chi connectivity index (χ0n) is 19.8. The largest absolute Gasteiger partial charge is 0.435 e. The van der Waals surface area contributed by atoms with Gasteiger partial charge in [0.05, 0.1) is 11.5 Å². The van der Waals surface area contributed by atoms with Gasteiger partial charge in [-0.25, -0.2) is 0 Å². The molecule has 1 aliphatic carbocycles. The van der Waals surface area contributed by atoms with Crippen LogP contribution in [-0.2, 0) is 14.3 Å². The first-order chi connectivity index (χ1) is 12.0. The maximum Gasteiger partial charge on any atom is 0.314 e. The number of carbonyl (C=O) groups is 1. The highest BCUT2D eigenvalue weighted by molar-refractivity contribution is 5.77. The van der Waals surface area contributed by atoms with Gasteiger partial charge in [-0.15, -0.1) is 0 Å². The number of rotatable bonds is 6. The number of hydrogen-bond donors (Lipinski definition) is 0. The van der Waals surface area contributed by atoms with E-state index in [1.807, 2.05) is 0 Å². The highest BCUT2D eigenvalue weighted by Crippen LogP contribution is 2.48. The van der Waals surface area contributed by atoms with Crippen LogP contribution in [0.4, 0.5) is 0 Å². The van der Waals surface area contributed by atoms with E-state index in [1.54, 1.807) is 0 Å². The lowest BCUT2D eigenvalue weighted by Crippen LogP contribution is -2.46. The summed E-state index contributed by atoms with van der Waals surface area (Å²) < 4.78 is 12.4. The first-order valence-electron chi connectivity index (χ1n) is 10.9. The summed E-state index contributed by atoms with van der Waals surface area (Å²) in [5.41, 5.74) is -0.654. The fourth-order valence-corrected chi connectivity index (χ4v) is 3.99. The fourth-order valence-electron chi connectivity index (χ4n) is 3.99. The van der Waals surface area contributed by atoms with E-state index in [1.165, 1.54) is 19.3 Å². The molecular weight excluding hydrogens is 336 g/mol. The zero-order chi connectivity index (χ0) is 21.1. The Balaban J connectivity index is 2.99. The molecule has 3 heteroatoms. The summed E-state index contributed by atoms with van der Waals surface area (Å²) in [7, 11) is 0. The number of hydrogen-bond acceptors (Lipinski definition) is 3. The molecule has 0 N–H and O–H groups in total. The minimum absolute atomic E-state index is 0.0434. The van der Waals surface area contributed by atoms with Crippen LogP contribution in [0, 0.1) is 21.7 Å². The minimum atomic E-state index is -0.558. The van der Waals surface area contributed by atoms with E-state index in [9.17, 15) is 4.79 Å². The van der Waals surface area contributed by atoms with E-state index in [0.717, 1.165) is 25.7 Å². The molecule has 0 saturated heterocycles. The first kappa shape index (κ1) is 24.5. The van der Waals surface area contributed by atoms with Crippen LogP contribution in [0.25, 0.3) is 0 Å². The van der Waals surface area contributed by atoms with Crippen molar-refractivity contribution in [3.05, 3.63) is 0 Å². The van der Waals surface area contributed by atoms with Crippen molar-refractivity contribution in [1.29, 1.82) is 0 Å². The maximum atomic E-state index is 13.4. The molecule has 27 heavy (non-hydrogen) atoms. The average molecular weight is 383 g/mol. The summed E-state index contributed by atoms with van der Waals surface area (Å²) in [4.78, 5) is 13.4. The summed E-state index contributed by atoms with van der Waals surface area (Å²) >= 11 is 0. The summed E-state index contributed by atoms with van der Waals surface area (Å²) in [6, 6.07) is 0. The lowest BCUT2D eigenvalue weighted by molar-refractivity contribution is -0.215. The number of carbonyl (C=O) groups excluding carboxylic acids is 1. The quantitative estimate of drug-likeness (QED) is 0.362. The van der Waals surface area contributed by atoms with Gasteiger partial charge in [-0.05, 0) is 42.4 Å². The van der Waals surface area contributed by atoms with E-state index in [-0.39, 0.29) is 28.3 Å². The van der Waals surface area contributed by atoms with Gasteiger partial charge < -0.3 is 9.47 Å². The van der Waals surface area contributed by atoms with Crippen molar-refractivity contribution >= 4 is 5.97 Å². The summed E-state index contributed by atoms with van der Waals surface area (Å²) in [6.07, 6.45) is 7.16. The van der Waals surface area contributed by atoms with E-state index in [0.29, 0.717) is 0 Å². The molecule has 2 atom stereocenters. The van der Waals surface area contributed by atoms with Crippen molar-refractivity contribution < 1.29 is 14.3 Å². The van der Waals surface area contributed by atoms with E-state index in [2.05, 4.69) is 69.2 Å². The zero-order valence-corrected chi connectivity index (χ0v) is 19.8. The molecule has 0 amide bonds.